The smallest absolute Gasteiger partial charge is 0.265 e. The van der Waals surface area contributed by atoms with Crippen molar-refractivity contribution >= 4 is 17.5 Å². The monoisotopic (exact) mass is 247 g/mol. The summed E-state index contributed by atoms with van der Waals surface area (Å²) in [5.74, 6) is -1.27. The zero-order valence-corrected chi connectivity index (χ0v) is 9.82. The molecule has 2 heterocycles. The fraction of sp³-hybridized carbons (Fsp3) is 0.333. The maximum Gasteiger partial charge on any atom is 0.265 e. The summed E-state index contributed by atoms with van der Waals surface area (Å²) in [5, 5.41) is 1.37. The zero-order valence-electron chi connectivity index (χ0n) is 9.82. The minimum atomic E-state index is -0.794. The molecule has 94 valence electrons. The molecule has 2 aliphatic heterocycles. The van der Waals surface area contributed by atoms with E-state index in [1.807, 2.05) is 6.07 Å². The number of fused-ring (bicyclic) bond motifs is 1. The summed E-state index contributed by atoms with van der Waals surface area (Å²) in [7, 11) is 1.62. The van der Waals surface area contributed by atoms with E-state index in [0.29, 0.717) is 5.69 Å². The molecule has 3 rings (SSSR count). The molecule has 6 heteroatoms. The number of benzene rings is 1. The van der Waals surface area contributed by atoms with Crippen molar-refractivity contribution in [2.24, 2.45) is 11.7 Å². The van der Waals surface area contributed by atoms with Crippen molar-refractivity contribution in [3.63, 3.8) is 0 Å². The molecule has 0 aromatic heterocycles. The van der Waals surface area contributed by atoms with Crippen LogP contribution < -0.4 is 10.6 Å². The number of nitrogens with two attached hydrogens (primary N) is 1. The van der Waals surface area contributed by atoms with Crippen LogP contribution in [0.3, 0.4) is 0 Å². The lowest BCUT2D eigenvalue weighted by atomic mass is 10.0. The average molecular weight is 247 g/mol. The molecule has 6 nitrogen and oxygen atoms in total. The standard InChI is InChI=1S/C12H13N3O3/c1-14-10(13)8-9(18-14)12(17)15(11(8)16)7-5-3-2-4-6-7/h2-6,8-10H,13H2,1H3/t8-,9-,10+/m1/s1. The molecule has 18 heavy (non-hydrogen) atoms. The van der Waals surface area contributed by atoms with E-state index in [1.54, 1.807) is 31.3 Å². The highest BCUT2D eigenvalue weighted by Crippen LogP contribution is 2.35. The fourth-order valence-corrected chi connectivity index (χ4v) is 2.41. The third kappa shape index (κ3) is 1.40. The van der Waals surface area contributed by atoms with Gasteiger partial charge < -0.3 is 5.73 Å². The Hall–Kier alpha value is -1.76. The van der Waals surface area contributed by atoms with Gasteiger partial charge in [0.2, 0.25) is 5.91 Å². The van der Waals surface area contributed by atoms with Gasteiger partial charge in [-0.3, -0.25) is 14.4 Å². The highest BCUT2D eigenvalue weighted by atomic mass is 16.7. The van der Waals surface area contributed by atoms with Crippen LogP contribution in [0.1, 0.15) is 0 Å². The topological polar surface area (TPSA) is 75.9 Å². The number of anilines is 1. The minimum Gasteiger partial charge on any atom is -0.313 e. The van der Waals surface area contributed by atoms with Crippen molar-refractivity contribution in [2.75, 3.05) is 11.9 Å². The Kier molecular flexibility index (Phi) is 2.44. The summed E-state index contributed by atoms with van der Waals surface area (Å²) in [4.78, 5) is 30.9. The molecule has 1 aromatic rings. The number of rotatable bonds is 1. The molecule has 3 atom stereocenters. The highest BCUT2D eigenvalue weighted by Gasteiger charge is 2.57. The Morgan fingerprint density at radius 1 is 1.17 bits per heavy atom. The van der Waals surface area contributed by atoms with Crippen molar-refractivity contribution in [1.82, 2.24) is 5.06 Å². The van der Waals surface area contributed by atoms with Gasteiger partial charge in [-0.05, 0) is 12.1 Å². The first-order valence-corrected chi connectivity index (χ1v) is 5.69. The molecule has 0 bridgehead atoms. The molecule has 0 saturated carbocycles. The molecule has 2 N–H and O–H groups in total. The Morgan fingerprint density at radius 2 is 1.83 bits per heavy atom. The summed E-state index contributed by atoms with van der Waals surface area (Å²) in [6.07, 6.45) is -1.38. The summed E-state index contributed by atoms with van der Waals surface area (Å²) < 4.78 is 0. The molecule has 1 aromatic carbocycles. The lowest BCUT2D eigenvalue weighted by Gasteiger charge is -2.20. The van der Waals surface area contributed by atoms with E-state index in [2.05, 4.69) is 0 Å². The molecule has 2 amide bonds. The van der Waals surface area contributed by atoms with Crippen molar-refractivity contribution in [1.29, 1.82) is 0 Å². The zero-order chi connectivity index (χ0) is 12.9. The lowest BCUT2D eigenvalue weighted by Crippen LogP contribution is -2.43. The molecule has 0 spiro atoms. The number of carbonyl (C=O) groups is 2. The number of amides is 2. The highest BCUT2D eigenvalue weighted by molar-refractivity contribution is 6.23. The molecule has 2 saturated heterocycles. The normalized spacial score (nSPS) is 32.1. The summed E-state index contributed by atoms with van der Waals surface area (Å²) in [6.45, 7) is 0. The minimum absolute atomic E-state index is 0.298. The molecule has 0 radical (unpaired) electrons. The number of nitrogens with zero attached hydrogens (tertiary/aromatic N) is 2. The van der Waals surface area contributed by atoms with Gasteiger partial charge >= 0.3 is 0 Å². The van der Waals surface area contributed by atoms with E-state index >= 15 is 0 Å². The SMILES string of the molecule is CN1O[C@H]2C(=O)N(c3ccccc3)C(=O)[C@H]2[C@H]1N. The second-order valence-electron chi connectivity index (χ2n) is 4.44. The predicted molar refractivity (Wildman–Crippen MR) is 63.0 cm³/mol. The summed E-state index contributed by atoms with van der Waals surface area (Å²) in [5.41, 5.74) is 6.41. The fourth-order valence-electron chi connectivity index (χ4n) is 2.41. The largest absolute Gasteiger partial charge is 0.313 e. The lowest BCUT2D eigenvalue weighted by molar-refractivity contribution is -0.159. The maximum absolute atomic E-state index is 12.3. The molecular formula is C12H13N3O3. The Morgan fingerprint density at radius 3 is 2.44 bits per heavy atom. The van der Waals surface area contributed by atoms with Crippen LogP contribution in [0.15, 0.2) is 30.3 Å². The van der Waals surface area contributed by atoms with Gasteiger partial charge in [-0.2, -0.15) is 5.06 Å². The molecular weight excluding hydrogens is 234 g/mol. The Bertz CT molecular complexity index is 505. The van der Waals surface area contributed by atoms with E-state index in [0.717, 1.165) is 4.90 Å². The maximum atomic E-state index is 12.3. The van der Waals surface area contributed by atoms with Crippen LogP contribution >= 0.6 is 0 Å². The van der Waals surface area contributed by atoms with Crippen LogP contribution in [0.2, 0.25) is 0 Å². The summed E-state index contributed by atoms with van der Waals surface area (Å²) in [6, 6.07) is 8.80. The van der Waals surface area contributed by atoms with Gasteiger partial charge in [0.05, 0.1) is 11.9 Å². The first-order valence-electron chi connectivity index (χ1n) is 5.69. The van der Waals surface area contributed by atoms with Crippen LogP contribution in [0, 0.1) is 5.92 Å². The van der Waals surface area contributed by atoms with Crippen molar-refractivity contribution in [3.05, 3.63) is 30.3 Å². The van der Waals surface area contributed by atoms with Gasteiger partial charge in [-0.1, -0.05) is 18.2 Å². The molecule has 0 aliphatic carbocycles. The van der Waals surface area contributed by atoms with Gasteiger partial charge in [0.15, 0.2) is 6.10 Å². The van der Waals surface area contributed by atoms with Gasteiger partial charge in [-0.25, -0.2) is 4.90 Å². The van der Waals surface area contributed by atoms with E-state index in [9.17, 15) is 9.59 Å². The van der Waals surface area contributed by atoms with Gasteiger partial charge in [0.1, 0.15) is 5.92 Å². The number of hydrogen-bond donors (Lipinski definition) is 1. The number of hydrogen-bond acceptors (Lipinski definition) is 5. The van der Waals surface area contributed by atoms with E-state index in [1.165, 1.54) is 5.06 Å². The van der Waals surface area contributed by atoms with Crippen LogP contribution in [0.5, 0.6) is 0 Å². The number of hydroxylamine groups is 2. The van der Waals surface area contributed by atoms with Crippen LogP contribution in [-0.2, 0) is 14.4 Å². The van der Waals surface area contributed by atoms with E-state index in [-0.39, 0.29) is 11.8 Å². The van der Waals surface area contributed by atoms with Gasteiger partial charge in [-0.15, -0.1) is 0 Å². The Balaban J connectivity index is 1.97. The molecule has 2 aliphatic rings. The number of para-hydroxylation sites is 1. The van der Waals surface area contributed by atoms with Crippen molar-refractivity contribution in [2.45, 2.75) is 12.3 Å². The van der Waals surface area contributed by atoms with Gasteiger partial charge in [0.25, 0.3) is 5.91 Å². The number of imide groups is 1. The second kappa shape index (κ2) is 3.88. The molecule has 0 unspecified atom stereocenters. The summed E-state index contributed by atoms with van der Waals surface area (Å²) >= 11 is 0. The van der Waals surface area contributed by atoms with Gasteiger partial charge in [0, 0.05) is 7.05 Å². The van der Waals surface area contributed by atoms with E-state index in [4.69, 9.17) is 10.6 Å². The number of carbonyl (C=O) groups excluding carboxylic acids is 2. The second-order valence-corrected chi connectivity index (χ2v) is 4.44. The predicted octanol–water partition coefficient (Wildman–Crippen LogP) is -0.294. The Labute approximate surface area is 104 Å². The van der Waals surface area contributed by atoms with Crippen LogP contribution in [0.25, 0.3) is 0 Å². The van der Waals surface area contributed by atoms with Crippen LogP contribution in [0.4, 0.5) is 5.69 Å². The van der Waals surface area contributed by atoms with E-state index < -0.39 is 18.2 Å². The average Bonchev–Trinajstić information content (AvgIpc) is 2.79. The first kappa shape index (κ1) is 11.3. The van der Waals surface area contributed by atoms with Crippen LogP contribution in [-0.4, -0.2) is 36.2 Å². The van der Waals surface area contributed by atoms with Crippen molar-refractivity contribution in [3.8, 4) is 0 Å². The third-order valence-electron chi connectivity index (χ3n) is 3.38. The first-order chi connectivity index (χ1) is 8.61. The third-order valence-corrected chi connectivity index (χ3v) is 3.38. The molecule has 2 fully saturated rings. The quantitative estimate of drug-likeness (QED) is 0.690. The van der Waals surface area contributed by atoms with Crippen molar-refractivity contribution < 1.29 is 14.4 Å².